The van der Waals surface area contributed by atoms with E-state index in [1.807, 2.05) is 5.38 Å². The lowest BCUT2D eigenvalue weighted by Gasteiger charge is -2.00. The number of rotatable bonds is 1. The topological polar surface area (TPSA) is 0 Å². The van der Waals surface area contributed by atoms with Crippen LogP contribution in [0.3, 0.4) is 0 Å². The summed E-state index contributed by atoms with van der Waals surface area (Å²) in [6, 6.07) is 3.24. The number of hydrogen-bond donors (Lipinski definition) is 0. The zero-order valence-corrected chi connectivity index (χ0v) is 9.64. The molecule has 0 atom stereocenters. The zero-order chi connectivity index (χ0) is 9.42. The summed E-state index contributed by atoms with van der Waals surface area (Å²) < 4.78 is 15.3. The molecule has 0 aliphatic rings. The molecule has 0 saturated heterocycles. The third-order valence-electron chi connectivity index (χ3n) is 1.88. The first-order valence-corrected chi connectivity index (χ1v) is 5.85. The van der Waals surface area contributed by atoms with Crippen LogP contribution >= 0.6 is 38.9 Å². The number of alkyl halides is 1. The lowest BCUT2D eigenvalue weighted by molar-refractivity contribution is 0.619. The highest BCUT2D eigenvalue weighted by molar-refractivity contribution is 9.10. The molecule has 0 aliphatic carbocycles. The lowest BCUT2D eigenvalue weighted by atomic mass is 10.1. The molecule has 0 radical (unpaired) electrons. The highest BCUT2D eigenvalue weighted by Gasteiger charge is 2.10. The van der Waals surface area contributed by atoms with Crippen molar-refractivity contribution in [3.8, 4) is 0 Å². The fourth-order valence-electron chi connectivity index (χ4n) is 1.27. The Morgan fingerprint density at radius 1 is 1.46 bits per heavy atom. The van der Waals surface area contributed by atoms with Crippen molar-refractivity contribution in [3.63, 3.8) is 0 Å². The molecule has 0 spiro atoms. The van der Waals surface area contributed by atoms with E-state index in [1.165, 1.54) is 6.07 Å². The summed E-state index contributed by atoms with van der Waals surface area (Å²) in [6.07, 6.45) is 0. The van der Waals surface area contributed by atoms with Gasteiger partial charge in [-0.3, -0.25) is 0 Å². The van der Waals surface area contributed by atoms with Crippen LogP contribution in [0, 0.1) is 5.82 Å². The molecule has 2 rings (SSSR count). The minimum absolute atomic E-state index is 0.207. The van der Waals surface area contributed by atoms with Crippen LogP contribution in [0.15, 0.2) is 22.0 Å². The van der Waals surface area contributed by atoms with E-state index in [-0.39, 0.29) is 11.7 Å². The van der Waals surface area contributed by atoms with E-state index in [4.69, 9.17) is 11.6 Å². The van der Waals surface area contributed by atoms with Gasteiger partial charge >= 0.3 is 0 Å². The molecule has 0 aliphatic heterocycles. The van der Waals surface area contributed by atoms with Crippen molar-refractivity contribution >= 4 is 49.0 Å². The van der Waals surface area contributed by atoms with E-state index in [0.717, 1.165) is 14.6 Å². The van der Waals surface area contributed by atoms with E-state index < -0.39 is 0 Å². The third-order valence-corrected chi connectivity index (χ3v) is 4.02. The fraction of sp³-hybridized carbons (Fsp3) is 0.111. The van der Waals surface area contributed by atoms with Gasteiger partial charge in [-0.25, -0.2) is 4.39 Å². The van der Waals surface area contributed by atoms with Crippen molar-refractivity contribution in [2.45, 2.75) is 5.88 Å². The fourth-order valence-corrected chi connectivity index (χ4v) is 3.24. The molecular formula is C9H5BrClFS. The van der Waals surface area contributed by atoms with Crippen LogP contribution in [-0.4, -0.2) is 0 Å². The first kappa shape index (κ1) is 9.44. The maximum atomic E-state index is 13.3. The molecule has 0 amide bonds. The first-order valence-electron chi connectivity index (χ1n) is 3.64. The number of hydrogen-bond acceptors (Lipinski definition) is 1. The summed E-state index contributed by atoms with van der Waals surface area (Å²) in [4.78, 5) is 0. The van der Waals surface area contributed by atoms with Crippen LogP contribution in [-0.2, 0) is 5.88 Å². The molecule has 0 bridgehead atoms. The van der Waals surface area contributed by atoms with Crippen molar-refractivity contribution in [1.82, 2.24) is 0 Å². The Hall–Kier alpha value is -0.120. The summed E-state index contributed by atoms with van der Waals surface area (Å²) in [7, 11) is 0. The van der Waals surface area contributed by atoms with Gasteiger partial charge in [-0.2, -0.15) is 0 Å². The number of thiophene rings is 1. The second-order valence-corrected chi connectivity index (χ2v) is 4.65. The van der Waals surface area contributed by atoms with Crippen LogP contribution in [0.2, 0.25) is 0 Å². The monoisotopic (exact) mass is 278 g/mol. The molecule has 0 unspecified atom stereocenters. The lowest BCUT2D eigenvalue weighted by Crippen LogP contribution is -1.86. The third kappa shape index (κ3) is 1.49. The normalized spacial score (nSPS) is 11.0. The number of halogens is 3. The molecule has 0 saturated carbocycles. The van der Waals surface area contributed by atoms with Gasteiger partial charge in [-0.15, -0.1) is 22.9 Å². The Bertz CT molecular complexity index is 452. The quantitative estimate of drug-likeness (QED) is 0.672. The molecule has 0 nitrogen and oxygen atoms in total. The second kappa shape index (κ2) is 3.56. The molecule has 4 heteroatoms. The summed E-state index contributed by atoms with van der Waals surface area (Å²) in [5.74, 6) is -0.0278. The van der Waals surface area contributed by atoms with Gasteiger partial charge in [-0.1, -0.05) is 0 Å². The standard InChI is InChI=1S/C9H5BrClFS/c10-6-4-13-8-2-1-7(12)5(3-11)9(6)8/h1-2,4H,3H2. The van der Waals surface area contributed by atoms with E-state index in [2.05, 4.69) is 15.9 Å². The SMILES string of the molecule is Fc1ccc2scc(Br)c2c1CCl. The van der Waals surface area contributed by atoms with Crippen molar-refractivity contribution in [1.29, 1.82) is 0 Å². The van der Waals surface area contributed by atoms with Crippen LogP contribution in [0.5, 0.6) is 0 Å². The van der Waals surface area contributed by atoms with E-state index in [9.17, 15) is 4.39 Å². The molecule has 13 heavy (non-hydrogen) atoms. The van der Waals surface area contributed by atoms with E-state index >= 15 is 0 Å². The van der Waals surface area contributed by atoms with Gasteiger partial charge in [0.05, 0.1) is 5.88 Å². The Labute approximate surface area is 92.5 Å². The van der Waals surface area contributed by atoms with Crippen molar-refractivity contribution in [2.24, 2.45) is 0 Å². The van der Waals surface area contributed by atoms with Crippen molar-refractivity contribution < 1.29 is 4.39 Å². The van der Waals surface area contributed by atoms with E-state index in [0.29, 0.717) is 5.56 Å². The van der Waals surface area contributed by atoms with Gasteiger partial charge in [0.15, 0.2) is 0 Å². The van der Waals surface area contributed by atoms with Crippen molar-refractivity contribution in [2.75, 3.05) is 0 Å². The van der Waals surface area contributed by atoms with E-state index in [1.54, 1.807) is 17.4 Å². The highest BCUT2D eigenvalue weighted by atomic mass is 79.9. The largest absolute Gasteiger partial charge is 0.207 e. The van der Waals surface area contributed by atoms with Crippen molar-refractivity contribution in [3.05, 3.63) is 33.4 Å². The zero-order valence-electron chi connectivity index (χ0n) is 6.48. The molecule has 1 aromatic carbocycles. The van der Waals surface area contributed by atoms with Gasteiger partial charge in [0.25, 0.3) is 0 Å². The summed E-state index contributed by atoms with van der Waals surface area (Å²) >= 11 is 10.6. The van der Waals surface area contributed by atoms with Crippen LogP contribution < -0.4 is 0 Å². The van der Waals surface area contributed by atoms with Gasteiger partial charge < -0.3 is 0 Å². The van der Waals surface area contributed by atoms with Crippen LogP contribution in [0.1, 0.15) is 5.56 Å². The maximum Gasteiger partial charge on any atom is 0.128 e. The minimum atomic E-state index is -0.235. The summed E-state index contributed by atoms with van der Waals surface area (Å²) in [5, 5.41) is 2.85. The molecule has 2 aromatic rings. The van der Waals surface area contributed by atoms with Gasteiger partial charge in [0, 0.05) is 25.5 Å². The maximum absolute atomic E-state index is 13.3. The Morgan fingerprint density at radius 3 is 2.92 bits per heavy atom. The molecular weight excluding hydrogens is 275 g/mol. The minimum Gasteiger partial charge on any atom is -0.207 e. The highest BCUT2D eigenvalue weighted by Crippen LogP contribution is 2.34. The van der Waals surface area contributed by atoms with Crippen LogP contribution in [0.4, 0.5) is 4.39 Å². The Kier molecular flexibility index (Phi) is 2.58. The Balaban J connectivity index is 2.88. The second-order valence-electron chi connectivity index (χ2n) is 2.62. The predicted octanol–water partition coefficient (Wildman–Crippen LogP) is 4.54. The van der Waals surface area contributed by atoms with Gasteiger partial charge in [-0.05, 0) is 28.1 Å². The summed E-state index contributed by atoms with van der Waals surface area (Å²) in [5.41, 5.74) is 0.576. The molecule has 0 N–H and O–H groups in total. The number of benzene rings is 1. The number of fused-ring (bicyclic) bond motifs is 1. The predicted molar refractivity (Wildman–Crippen MR) is 59.0 cm³/mol. The average molecular weight is 280 g/mol. The van der Waals surface area contributed by atoms with Gasteiger partial charge in [0.2, 0.25) is 0 Å². The Morgan fingerprint density at radius 2 is 2.23 bits per heavy atom. The molecule has 68 valence electrons. The smallest absolute Gasteiger partial charge is 0.128 e. The van der Waals surface area contributed by atoms with Gasteiger partial charge in [0.1, 0.15) is 5.82 Å². The van der Waals surface area contributed by atoms with Crippen LogP contribution in [0.25, 0.3) is 10.1 Å². The average Bonchev–Trinajstić information content (AvgIpc) is 2.49. The first-order chi connectivity index (χ1) is 6.24. The summed E-state index contributed by atoms with van der Waals surface area (Å²) in [6.45, 7) is 0. The molecule has 0 fully saturated rings. The molecule has 1 aromatic heterocycles. The molecule has 1 heterocycles.